The molecule has 0 aliphatic carbocycles. The summed E-state index contributed by atoms with van der Waals surface area (Å²) in [5.74, 6) is 0. The van der Waals surface area contributed by atoms with Crippen molar-refractivity contribution in [1.82, 2.24) is 20.1 Å². The summed E-state index contributed by atoms with van der Waals surface area (Å²) in [7, 11) is 1.82. The number of hydrogen-bond donors (Lipinski definition) is 3. The largest absolute Gasteiger partial charge is 0.365 e. The Morgan fingerprint density at radius 1 is 1.29 bits per heavy atom. The Kier molecular flexibility index (Phi) is 5.07. The first-order valence-corrected chi connectivity index (χ1v) is 8.35. The van der Waals surface area contributed by atoms with E-state index < -0.39 is 0 Å². The number of urea groups is 1. The number of carbonyl (C=O) groups is 1. The first-order valence-electron chi connectivity index (χ1n) is 7.47. The molecule has 0 atom stereocenters. The van der Waals surface area contributed by atoms with E-state index >= 15 is 0 Å². The summed E-state index contributed by atoms with van der Waals surface area (Å²) in [5.41, 5.74) is 2.58. The Morgan fingerprint density at radius 2 is 2.17 bits per heavy atom. The highest BCUT2D eigenvalue weighted by Crippen LogP contribution is 2.16. The molecule has 3 N–H and O–H groups in total. The lowest BCUT2D eigenvalue weighted by atomic mass is 10.2. The second kappa shape index (κ2) is 7.60. The van der Waals surface area contributed by atoms with Crippen LogP contribution in [0.1, 0.15) is 11.3 Å². The van der Waals surface area contributed by atoms with Crippen molar-refractivity contribution >= 4 is 28.2 Å². The van der Waals surface area contributed by atoms with Gasteiger partial charge in [-0.15, -0.1) is 11.3 Å². The zero-order chi connectivity index (χ0) is 16.8. The number of rotatable bonds is 6. The SMILES string of the molecule is CNc1nc(CNC(=O)Nc2ccccc2Cn2cccn2)cs1. The maximum atomic E-state index is 12.1. The Morgan fingerprint density at radius 3 is 2.92 bits per heavy atom. The van der Waals surface area contributed by atoms with E-state index in [-0.39, 0.29) is 6.03 Å². The predicted octanol–water partition coefficient (Wildman–Crippen LogP) is 2.75. The Hall–Kier alpha value is -2.87. The molecule has 0 aliphatic heterocycles. The molecule has 0 spiro atoms. The molecule has 24 heavy (non-hydrogen) atoms. The van der Waals surface area contributed by atoms with Crippen LogP contribution in [0.25, 0.3) is 0 Å². The number of benzene rings is 1. The molecule has 7 nitrogen and oxygen atoms in total. The van der Waals surface area contributed by atoms with Gasteiger partial charge in [0.1, 0.15) is 0 Å². The lowest BCUT2D eigenvalue weighted by molar-refractivity contribution is 0.251. The summed E-state index contributed by atoms with van der Waals surface area (Å²) in [6, 6.07) is 9.29. The van der Waals surface area contributed by atoms with Crippen molar-refractivity contribution in [3.8, 4) is 0 Å². The van der Waals surface area contributed by atoms with Crippen LogP contribution in [-0.4, -0.2) is 27.8 Å². The molecule has 0 aliphatic rings. The Balaban J connectivity index is 1.59. The van der Waals surface area contributed by atoms with Crippen molar-refractivity contribution in [3.63, 3.8) is 0 Å². The predicted molar refractivity (Wildman–Crippen MR) is 95.3 cm³/mol. The number of nitrogens with one attached hydrogen (secondary N) is 3. The molecule has 8 heteroatoms. The zero-order valence-electron chi connectivity index (χ0n) is 13.2. The van der Waals surface area contributed by atoms with E-state index in [1.54, 1.807) is 6.20 Å². The third-order valence-corrected chi connectivity index (χ3v) is 4.26. The summed E-state index contributed by atoms with van der Waals surface area (Å²) in [5, 5.41) is 15.6. The van der Waals surface area contributed by atoms with Gasteiger partial charge in [0, 0.05) is 30.5 Å². The first kappa shape index (κ1) is 16.0. The molecule has 0 unspecified atom stereocenters. The summed E-state index contributed by atoms with van der Waals surface area (Å²) in [6.45, 7) is 0.979. The number of amides is 2. The van der Waals surface area contributed by atoms with E-state index in [2.05, 4.69) is 26.0 Å². The van der Waals surface area contributed by atoms with Crippen molar-refractivity contribution in [2.24, 2.45) is 0 Å². The van der Waals surface area contributed by atoms with E-state index in [1.165, 1.54) is 11.3 Å². The van der Waals surface area contributed by atoms with Crippen LogP contribution in [-0.2, 0) is 13.1 Å². The maximum absolute atomic E-state index is 12.1. The van der Waals surface area contributed by atoms with Crippen LogP contribution in [0.5, 0.6) is 0 Å². The van der Waals surface area contributed by atoms with Gasteiger partial charge in [0.25, 0.3) is 0 Å². The fraction of sp³-hybridized carbons (Fsp3) is 0.188. The second-order valence-electron chi connectivity index (χ2n) is 5.06. The lowest BCUT2D eigenvalue weighted by Crippen LogP contribution is -2.28. The molecule has 2 amide bonds. The molecule has 2 aromatic heterocycles. The van der Waals surface area contributed by atoms with Crippen molar-refractivity contribution in [2.75, 3.05) is 17.7 Å². The van der Waals surface area contributed by atoms with E-state index in [0.29, 0.717) is 13.1 Å². The summed E-state index contributed by atoms with van der Waals surface area (Å²) >= 11 is 1.51. The van der Waals surface area contributed by atoms with Crippen LogP contribution in [0.4, 0.5) is 15.6 Å². The molecule has 0 radical (unpaired) electrons. The highest BCUT2D eigenvalue weighted by Gasteiger charge is 2.08. The summed E-state index contributed by atoms with van der Waals surface area (Å²) in [4.78, 5) is 16.5. The van der Waals surface area contributed by atoms with Gasteiger partial charge in [0.05, 0.1) is 18.8 Å². The minimum absolute atomic E-state index is 0.262. The Labute approximate surface area is 143 Å². The number of para-hydroxylation sites is 1. The molecular formula is C16H18N6OS. The van der Waals surface area contributed by atoms with Gasteiger partial charge < -0.3 is 16.0 Å². The molecule has 0 saturated carbocycles. The molecule has 0 saturated heterocycles. The van der Waals surface area contributed by atoms with E-state index in [4.69, 9.17) is 0 Å². The first-order chi connectivity index (χ1) is 11.7. The number of anilines is 2. The standard InChI is InChI=1S/C16H18N6OS/c1-17-16-20-13(11-24-16)9-18-15(23)21-14-6-3-2-5-12(14)10-22-8-4-7-19-22/h2-8,11H,9-10H2,1H3,(H,17,20)(H2,18,21,23). The zero-order valence-corrected chi connectivity index (χ0v) is 14.0. The van der Waals surface area contributed by atoms with Gasteiger partial charge >= 0.3 is 6.03 Å². The molecule has 0 fully saturated rings. The lowest BCUT2D eigenvalue weighted by Gasteiger charge is -2.11. The van der Waals surface area contributed by atoms with Crippen LogP contribution >= 0.6 is 11.3 Å². The van der Waals surface area contributed by atoms with Gasteiger partial charge in [-0.3, -0.25) is 4.68 Å². The number of nitrogens with zero attached hydrogens (tertiary/aromatic N) is 3. The minimum Gasteiger partial charge on any atom is -0.365 e. The van der Waals surface area contributed by atoms with Gasteiger partial charge in [-0.05, 0) is 17.7 Å². The Bertz CT molecular complexity index is 799. The fourth-order valence-electron chi connectivity index (χ4n) is 2.19. The van der Waals surface area contributed by atoms with E-state index in [9.17, 15) is 4.79 Å². The highest BCUT2D eigenvalue weighted by molar-refractivity contribution is 7.13. The molecule has 3 rings (SSSR count). The quantitative estimate of drug-likeness (QED) is 0.643. The van der Waals surface area contributed by atoms with Crippen molar-refractivity contribution < 1.29 is 4.79 Å². The third-order valence-electron chi connectivity index (χ3n) is 3.35. The molecule has 2 heterocycles. The molecule has 0 bridgehead atoms. The minimum atomic E-state index is -0.262. The molecular weight excluding hydrogens is 324 g/mol. The second-order valence-corrected chi connectivity index (χ2v) is 5.92. The van der Waals surface area contributed by atoms with Gasteiger partial charge in [0.2, 0.25) is 0 Å². The van der Waals surface area contributed by atoms with E-state index in [1.807, 2.05) is 53.6 Å². The number of hydrogen-bond acceptors (Lipinski definition) is 5. The fourth-order valence-corrected chi connectivity index (χ4v) is 2.86. The average molecular weight is 342 g/mol. The van der Waals surface area contributed by atoms with Crippen molar-refractivity contribution in [1.29, 1.82) is 0 Å². The number of aromatic nitrogens is 3. The van der Waals surface area contributed by atoms with E-state index in [0.717, 1.165) is 22.1 Å². The molecule has 1 aromatic carbocycles. The normalized spacial score (nSPS) is 10.4. The van der Waals surface area contributed by atoms with Gasteiger partial charge in [0.15, 0.2) is 5.13 Å². The van der Waals surface area contributed by atoms with Gasteiger partial charge in [-0.2, -0.15) is 5.10 Å². The van der Waals surface area contributed by atoms with Crippen molar-refractivity contribution in [3.05, 3.63) is 59.4 Å². The van der Waals surface area contributed by atoms with Crippen LogP contribution in [0.2, 0.25) is 0 Å². The van der Waals surface area contributed by atoms with Gasteiger partial charge in [-0.25, -0.2) is 9.78 Å². The third kappa shape index (κ3) is 4.11. The van der Waals surface area contributed by atoms with Crippen molar-refractivity contribution in [2.45, 2.75) is 13.1 Å². The van der Waals surface area contributed by atoms with Crippen LogP contribution in [0, 0.1) is 0 Å². The average Bonchev–Trinajstić information content (AvgIpc) is 3.26. The highest BCUT2D eigenvalue weighted by atomic mass is 32.1. The number of carbonyl (C=O) groups excluding carboxylic acids is 1. The van der Waals surface area contributed by atoms with Crippen LogP contribution < -0.4 is 16.0 Å². The number of thiazole rings is 1. The van der Waals surface area contributed by atoms with Crippen LogP contribution in [0.15, 0.2) is 48.1 Å². The van der Waals surface area contributed by atoms with Gasteiger partial charge in [-0.1, -0.05) is 18.2 Å². The van der Waals surface area contributed by atoms with Crippen LogP contribution in [0.3, 0.4) is 0 Å². The smallest absolute Gasteiger partial charge is 0.319 e. The monoisotopic (exact) mass is 342 g/mol. The summed E-state index contributed by atoms with van der Waals surface area (Å²) < 4.78 is 1.81. The molecule has 3 aromatic rings. The summed E-state index contributed by atoms with van der Waals surface area (Å²) in [6.07, 6.45) is 3.62. The topological polar surface area (TPSA) is 83.9 Å². The molecule has 124 valence electrons. The maximum Gasteiger partial charge on any atom is 0.319 e.